The predicted octanol–water partition coefficient (Wildman–Crippen LogP) is 4.22. The fraction of sp³-hybridized carbons (Fsp3) is 0.419. The van der Waals surface area contributed by atoms with Crippen LogP contribution in [0.15, 0.2) is 48.7 Å². The Morgan fingerprint density at radius 1 is 1.10 bits per heavy atom. The van der Waals surface area contributed by atoms with Crippen molar-refractivity contribution in [3.63, 3.8) is 0 Å². The number of pyridine rings is 1. The Hall–Kier alpha value is -4.08. The molecule has 202 valence electrons. The molecular formula is C31H28F2N6O. The first-order valence-electron chi connectivity index (χ1n) is 13.7. The number of nitriles is 1. The molecule has 0 spiro atoms. The van der Waals surface area contributed by atoms with Crippen LogP contribution in [0.5, 0.6) is 5.75 Å². The summed E-state index contributed by atoms with van der Waals surface area (Å²) in [6.07, 6.45) is 5.01. The van der Waals surface area contributed by atoms with Crippen LogP contribution in [0.3, 0.4) is 0 Å². The van der Waals surface area contributed by atoms with Crippen LogP contribution >= 0.6 is 0 Å². The van der Waals surface area contributed by atoms with Gasteiger partial charge in [0.25, 0.3) is 5.92 Å². The molecule has 2 unspecified atom stereocenters. The van der Waals surface area contributed by atoms with E-state index in [2.05, 4.69) is 33.0 Å². The maximum atomic E-state index is 13.1. The number of phenols is 1. The third kappa shape index (κ3) is 4.17. The van der Waals surface area contributed by atoms with Crippen LogP contribution in [0, 0.1) is 40.9 Å². The summed E-state index contributed by atoms with van der Waals surface area (Å²) in [5.74, 6) is 5.06. The summed E-state index contributed by atoms with van der Waals surface area (Å²) >= 11 is 0. The minimum atomic E-state index is -2.62. The van der Waals surface area contributed by atoms with Gasteiger partial charge < -0.3 is 10.0 Å². The summed E-state index contributed by atoms with van der Waals surface area (Å²) < 4.78 is 26.3. The van der Waals surface area contributed by atoms with E-state index in [1.54, 1.807) is 17.0 Å². The molecule has 1 N–H and O–H groups in total. The molecule has 2 aliphatic carbocycles. The largest absolute Gasteiger partial charge is 0.507 e. The molecule has 0 amide bonds. The first kappa shape index (κ1) is 24.9. The smallest absolute Gasteiger partial charge is 0.273 e. The van der Waals surface area contributed by atoms with Gasteiger partial charge in [-0.25, -0.2) is 13.8 Å². The minimum Gasteiger partial charge on any atom is -0.507 e. The summed E-state index contributed by atoms with van der Waals surface area (Å²) in [6, 6.07) is 15.2. The van der Waals surface area contributed by atoms with Crippen molar-refractivity contribution in [3.05, 3.63) is 65.6 Å². The number of alkyl halides is 2. The quantitative estimate of drug-likeness (QED) is 0.498. The monoisotopic (exact) mass is 538 g/mol. The number of para-hydroxylation sites is 1. The molecule has 1 aromatic carbocycles. The van der Waals surface area contributed by atoms with Gasteiger partial charge in [-0.2, -0.15) is 15.5 Å². The first-order chi connectivity index (χ1) is 19.3. The Labute approximate surface area is 231 Å². The Bertz CT molecular complexity index is 1580. The van der Waals surface area contributed by atoms with Gasteiger partial charge in [0.15, 0.2) is 0 Å². The molecule has 2 bridgehead atoms. The van der Waals surface area contributed by atoms with E-state index in [0.29, 0.717) is 40.3 Å². The summed E-state index contributed by atoms with van der Waals surface area (Å²) in [4.78, 5) is 8.92. The van der Waals surface area contributed by atoms with Crippen LogP contribution in [-0.4, -0.2) is 63.8 Å². The lowest BCUT2D eigenvalue weighted by Gasteiger charge is -2.53. The van der Waals surface area contributed by atoms with E-state index in [1.165, 1.54) is 0 Å². The molecule has 7 rings (SSSR count). The molecule has 4 heterocycles. The number of rotatable bonds is 4. The van der Waals surface area contributed by atoms with Crippen molar-refractivity contribution in [1.82, 2.24) is 20.1 Å². The summed E-state index contributed by atoms with van der Waals surface area (Å²) in [5, 5.41) is 28.4. The number of hydrogen-bond donors (Lipinski definition) is 1. The Kier molecular flexibility index (Phi) is 5.76. The van der Waals surface area contributed by atoms with Crippen molar-refractivity contribution < 1.29 is 13.9 Å². The highest BCUT2D eigenvalue weighted by atomic mass is 19.3. The van der Waals surface area contributed by atoms with Crippen LogP contribution in [-0.2, 0) is 5.41 Å². The molecule has 3 aromatic rings. The normalized spacial score (nSPS) is 27.9. The molecular weight excluding hydrogens is 510 g/mol. The van der Waals surface area contributed by atoms with Crippen LogP contribution in [0.4, 0.5) is 14.5 Å². The van der Waals surface area contributed by atoms with E-state index < -0.39 is 5.92 Å². The third-order valence-corrected chi connectivity index (χ3v) is 9.21. The molecule has 4 fully saturated rings. The lowest BCUT2D eigenvalue weighted by molar-refractivity contribution is -0.125. The number of phenolic OH excluding ortho intramolecular Hbond substituents is 1. The summed E-state index contributed by atoms with van der Waals surface area (Å²) in [6.45, 7) is 1.56. The Balaban J connectivity index is 1.10. The third-order valence-electron chi connectivity index (χ3n) is 9.21. The van der Waals surface area contributed by atoms with Gasteiger partial charge in [0.2, 0.25) is 0 Å². The van der Waals surface area contributed by atoms with Gasteiger partial charge in [-0.1, -0.05) is 18.1 Å². The molecule has 2 saturated heterocycles. The number of fused-ring (bicyclic) bond motifs is 1. The highest BCUT2D eigenvalue weighted by Crippen LogP contribution is 2.64. The van der Waals surface area contributed by atoms with Gasteiger partial charge in [-0.3, -0.25) is 4.90 Å². The topological polar surface area (TPSA) is 89.2 Å². The fourth-order valence-electron chi connectivity index (χ4n) is 7.50. The zero-order chi connectivity index (χ0) is 27.5. The molecule has 9 heteroatoms. The van der Waals surface area contributed by atoms with Crippen LogP contribution < -0.4 is 4.90 Å². The van der Waals surface area contributed by atoms with Crippen molar-refractivity contribution in [2.75, 3.05) is 37.6 Å². The van der Waals surface area contributed by atoms with E-state index in [4.69, 9.17) is 4.98 Å². The molecule has 2 aliphatic heterocycles. The molecule has 7 nitrogen and oxygen atoms in total. The van der Waals surface area contributed by atoms with Gasteiger partial charge in [0.05, 0.1) is 42.8 Å². The van der Waals surface area contributed by atoms with Crippen molar-refractivity contribution in [3.8, 4) is 34.9 Å². The van der Waals surface area contributed by atoms with Gasteiger partial charge in [-0.15, -0.1) is 0 Å². The number of benzene rings is 1. The Morgan fingerprint density at radius 3 is 2.75 bits per heavy atom. The number of aromatic nitrogens is 3. The lowest BCUT2D eigenvalue weighted by Crippen LogP contribution is -2.55. The molecule has 4 aliphatic rings. The average Bonchev–Trinajstić information content (AvgIpc) is 3.11. The fourth-order valence-corrected chi connectivity index (χ4v) is 7.50. The SMILES string of the molecule is N#Cc1ccc(C23C[C@@H]4CC2[C@@H](CN(c2cnnc(-c5ccccc5O)c2)C4)C3)nc1C#CCN1CC(F)(F)C1. The molecule has 2 aromatic heterocycles. The van der Waals surface area contributed by atoms with Gasteiger partial charge in [-0.05, 0) is 73.3 Å². The molecule has 2 saturated carbocycles. The summed E-state index contributed by atoms with van der Waals surface area (Å²) in [5.41, 5.74) is 4.24. The second-order valence-corrected chi connectivity index (χ2v) is 11.8. The van der Waals surface area contributed by atoms with Crippen molar-refractivity contribution in [2.24, 2.45) is 17.8 Å². The van der Waals surface area contributed by atoms with E-state index in [-0.39, 0.29) is 30.8 Å². The second kappa shape index (κ2) is 9.25. The van der Waals surface area contributed by atoms with Crippen LogP contribution in [0.25, 0.3) is 11.3 Å². The zero-order valence-electron chi connectivity index (χ0n) is 21.9. The second-order valence-electron chi connectivity index (χ2n) is 11.8. The number of hydrogen-bond acceptors (Lipinski definition) is 7. The summed E-state index contributed by atoms with van der Waals surface area (Å²) in [7, 11) is 0. The molecule has 0 radical (unpaired) electrons. The van der Waals surface area contributed by atoms with E-state index in [9.17, 15) is 19.1 Å². The van der Waals surface area contributed by atoms with E-state index in [0.717, 1.165) is 43.7 Å². The number of halogens is 2. The zero-order valence-corrected chi connectivity index (χ0v) is 21.9. The number of anilines is 1. The highest BCUT2D eigenvalue weighted by molar-refractivity contribution is 5.69. The van der Waals surface area contributed by atoms with Gasteiger partial charge in [0.1, 0.15) is 17.5 Å². The number of likely N-dealkylation sites (tertiary alicyclic amines) is 1. The lowest BCUT2D eigenvalue weighted by atomic mass is 9.53. The first-order valence-corrected chi connectivity index (χ1v) is 13.7. The molecule has 4 atom stereocenters. The van der Waals surface area contributed by atoms with Crippen molar-refractivity contribution in [2.45, 2.75) is 30.6 Å². The van der Waals surface area contributed by atoms with Crippen molar-refractivity contribution in [1.29, 1.82) is 5.26 Å². The van der Waals surface area contributed by atoms with Gasteiger partial charge >= 0.3 is 0 Å². The van der Waals surface area contributed by atoms with Crippen LogP contribution in [0.2, 0.25) is 0 Å². The van der Waals surface area contributed by atoms with Crippen LogP contribution in [0.1, 0.15) is 36.2 Å². The highest BCUT2D eigenvalue weighted by Gasteiger charge is 2.62. The number of nitrogens with zero attached hydrogens (tertiary/aromatic N) is 6. The standard InChI is InChI=1S/C31H28F2N6O/c32-31(33)18-38(19-31)9-3-5-26-21(14-34)7-8-29(36-26)30-12-20-10-25(30)22(13-30)17-39(16-20)23-11-27(37-35-15-23)24-4-1-2-6-28(24)40/h1-2,4,6-8,11,15,20,22,25,40H,9-10,12-13,16-19H2/t20-,22+,25?,30?/m0/s1. The number of aromatic hydroxyl groups is 1. The minimum absolute atomic E-state index is 0.00283. The Morgan fingerprint density at radius 2 is 1.95 bits per heavy atom. The van der Waals surface area contributed by atoms with Crippen molar-refractivity contribution >= 4 is 5.69 Å². The van der Waals surface area contributed by atoms with E-state index in [1.807, 2.05) is 36.5 Å². The maximum absolute atomic E-state index is 13.1. The predicted molar refractivity (Wildman–Crippen MR) is 145 cm³/mol. The molecule has 40 heavy (non-hydrogen) atoms. The average molecular weight is 539 g/mol. The van der Waals surface area contributed by atoms with Gasteiger partial charge in [0, 0.05) is 29.8 Å². The van der Waals surface area contributed by atoms with E-state index >= 15 is 0 Å². The maximum Gasteiger partial charge on any atom is 0.273 e.